The highest BCUT2D eigenvalue weighted by atomic mass is 32.2. The van der Waals surface area contributed by atoms with E-state index < -0.39 is 9.84 Å². The molecule has 1 amide bonds. The molecule has 2 aromatic carbocycles. The predicted octanol–water partition coefficient (Wildman–Crippen LogP) is 4.19. The summed E-state index contributed by atoms with van der Waals surface area (Å²) >= 11 is 1.25. The lowest BCUT2D eigenvalue weighted by atomic mass is 10.1. The Morgan fingerprint density at radius 2 is 1.86 bits per heavy atom. The Morgan fingerprint density at radius 1 is 1.18 bits per heavy atom. The van der Waals surface area contributed by atoms with Gasteiger partial charge in [0.2, 0.25) is 0 Å². The molecule has 0 fully saturated rings. The molecule has 28 heavy (non-hydrogen) atoms. The van der Waals surface area contributed by atoms with E-state index in [-0.39, 0.29) is 10.8 Å². The number of fused-ring (bicyclic) bond motifs is 1. The molecule has 0 unspecified atom stereocenters. The smallest absolute Gasteiger partial charge is 0.257 e. The van der Waals surface area contributed by atoms with Crippen LogP contribution in [0.5, 0.6) is 0 Å². The van der Waals surface area contributed by atoms with Gasteiger partial charge in [-0.1, -0.05) is 11.3 Å². The maximum Gasteiger partial charge on any atom is 0.257 e. The topological polar surface area (TPSA) is 79.4 Å². The molecule has 0 aliphatic heterocycles. The summed E-state index contributed by atoms with van der Waals surface area (Å²) in [7, 11) is -3.28. The number of thiazole rings is 1. The largest absolute Gasteiger partial charge is 0.369 e. The molecule has 8 heteroatoms. The summed E-state index contributed by atoms with van der Waals surface area (Å²) in [6.07, 6.45) is 1.17. The van der Waals surface area contributed by atoms with Crippen LogP contribution in [0.1, 0.15) is 31.1 Å². The van der Waals surface area contributed by atoms with Gasteiger partial charge in [0.1, 0.15) is 0 Å². The van der Waals surface area contributed by atoms with E-state index >= 15 is 0 Å². The summed E-state index contributed by atoms with van der Waals surface area (Å²) in [4.78, 5) is 19.4. The molecular formula is C20H23N3O3S2. The lowest BCUT2D eigenvalue weighted by Crippen LogP contribution is -2.30. The average Bonchev–Trinajstić information content (AvgIpc) is 3.03. The molecule has 1 N–H and O–H groups in total. The van der Waals surface area contributed by atoms with Crippen molar-refractivity contribution in [2.75, 3.05) is 23.0 Å². The predicted molar refractivity (Wildman–Crippen MR) is 115 cm³/mol. The minimum Gasteiger partial charge on any atom is -0.369 e. The number of carbonyl (C=O) groups excluding carboxylic acids is 1. The van der Waals surface area contributed by atoms with Crippen LogP contribution in [-0.2, 0) is 9.84 Å². The van der Waals surface area contributed by atoms with E-state index in [0.717, 1.165) is 12.2 Å². The zero-order valence-corrected chi connectivity index (χ0v) is 17.9. The first-order valence-corrected chi connectivity index (χ1v) is 11.7. The molecule has 0 spiro atoms. The summed E-state index contributed by atoms with van der Waals surface area (Å²) in [5.74, 6) is -0.249. The van der Waals surface area contributed by atoms with E-state index in [2.05, 4.69) is 36.0 Å². The van der Waals surface area contributed by atoms with Crippen molar-refractivity contribution in [2.45, 2.75) is 31.7 Å². The third-order valence-electron chi connectivity index (χ3n) is 4.43. The molecular weight excluding hydrogens is 394 g/mol. The Bertz CT molecular complexity index is 1100. The van der Waals surface area contributed by atoms with Crippen molar-refractivity contribution in [3.8, 4) is 0 Å². The summed E-state index contributed by atoms with van der Waals surface area (Å²) in [6.45, 7) is 7.26. The van der Waals surface area contributed by atoms with Crippen LogP contribution in [0.4, 0.5) is 10.8 Å². The van der Waals surface area contributed by atoms with Gasteiger partial charge in [-0.25, -0.2) is 13.4 Å². The normalized spacial score (nSPS) is 11.8. The van der Waals surface area contributed by atoms with Crippen LogP contribution in [0.15, 0.2) is 47.4 Å². The molecule has 0 saturated heterocycles. The number of hydrogen-bond donors (Lipinski definition) is 1. The molecule has 0 bridgehead atoms. The van der Waals surface area contributed by atoms with Gasteiger partial charge in [-0.05, 0) is 63.2 Å². The summed E-state index contributed by atoms with van der Waals surface area (Å²) in [5, 5.41) is 3.23. The van der Waals surface area contributed by atoms with Crippen LogP contribution < -0.4 is 10.2 Å². The summed E-state index contributed by atoms with van der Waals surface area (Å²) in [6, 6.07) is 12.6. The zero-order valence-electron chi connectivity index (χ0n) is 16.3. The first-order valence-electron chi connectivity index (χ1n) is 8.97. The number of benzene rings is 2. The first-order chi connectivity index (χ1) is 13.2. The van der Waals surface area contributed by atoms with Gasteiger partial charge in [-0.3, -0.25) is 10.1 Å². The zero-order chi connectivity index (χ0) is 20.5. The van der Waals surface area contributed by atoms with Crippen LogP contribution in [-0.4, -0.2) is 38.2 Å². The molecule has 0 atom stereocenters. The fraction of sp³-hybridized carbons (Fsp3) is 0.300. The fourth-order valence-electron chi connectivity index (χ4n) is 3.01. The SMILES string of the molecule is CCN(c1ccc(C(=O)Nc2nc3ccc(S(C)(=O)=O)cc3s2)cc1)C(C)C. The third-order valence-corrected chi connectivity index (χ3v) is 6.48. The van der Waals surface area contributed by atoms with E-state index in [9.17, 15) is 13.2 Å². The number of nitrogens with zero attached hydrogens (tertiary/aromatic N) is 2. The molecule has 0 aliphatic rings. The molecule has 3 aromatic rings. The summed E-state index contributed by atoms with van der Waals surface area (Å²) < 4.78 is 24.1. The van der Waals surface area contributed by atoms with Gasteiger partial charge in [0.25, 0.3) is 5.91 Å². The lowest BCUT2D eigenvalue weighted by molar-refractivity contribution is 0.102. The van der Waals surface area contributed by atoms with Gasteiger partial charge in [-0.2, -0.15) is 0 Å². The van der Waals surface area contributed by atoms with Gasteiger partial charge in [0.05, 0.1) is 15.1 Å². The van der Waals surface area contributed by atoms with Gasteiger partial charge in [0, 0.05) is 30.1 Å². The highest BCUT2D eigenvalue weighted by Crippen LogP contribution is 2.28. The Morgan fingerprint density at radius 3 is 2.43 bits per heavy atom. The van der Waals surface area contributed by atoms with Gasteiger partial charge in [0.15, 0.2) is 15.0 Å². The second-order valence-corrected chi connectivity index (χ2v) is 9.85. The second kappa shape index (κ2) is 7.89. The van der Waals surface area contributed by atoms with Crippen LogP contribution in [0, 0.1) is 0 Å². The van der Waals surface area contributed by atoms with Crippen molar-refractivity contribution in [2.24, 2.45) is 0 Å². The van der Waals surface area contributed by atoms with E-state index in [1.165, 1.54) is 23.7 Å². The molecule has 0 radical (unpaired) electrons. The van der Waals surface area contributed by atoms with Crippen LogP contribution in [0.3, 0.4) is 0 Å². The van der Waals surface area contributed by atoms with Gasteiger partial charge >= 0.3 is 0 Å². The Balaban J connectivity index is 1.79. The number of aromatic nitrogens is 1. The van der Waals surface area contributed by atoms with E-state index in [1.54, 1.807) is 24.3 Å². The number of rotatable bonds is 6. The van der Waals surface area contributed by atoms with Crippen molar-refractivity contribution in [3.05, 3.63) is 48.0 Å². The lowest BCUT2D eigenvalue weighted by Gasteiger charge is -2.27. The number of hydrogen-bond acceptors (Lipinski definition) is 6. The van der Waals surface area contributed by atoms with Crippen molar-refractivity contribution < 1.29 is 13.2 Å². The number of amides is 1. The molecule has 1 aromatic heterocycles. The van der Waals surface area contributed by atoms with Crippen molar-refractivity contribution >= 4 is 48.1 Å². The van der Waals surface area contributed by atoms with Crippen LogP contribution >= 0.6 is 11.3 Å². The minimum atomic E-state index is -3.28. The maximum absolute atomic E-state index is 12.5. The number of anilines is 2. The van der Waals surface area contributed by atoms with Crippen LogP contribution in [0.25, 0.3) is 10.2 Å². The first kappa shape index (κ1) is 20.3. The van der Waals surface area contributed by atoms with Crippen LogP contribution in [0.2, 0.25) is 0 Å². The quantitative estimate of drug-likeness (QED) is 0.651. The Hall–Kier alpha value is -2.45. The van der Waals surface area contributed by atoms with E-state index in [4.69, 9.17) is 0 Å². The van der Waals surface area contributed by atoms with E-state index in [1.807, 2.05) is 12.1 Å². The number of carbonyl (C=O) groups is 1. The van der Waals surface area contributed by atoms with Crippen molar-refractivity contribution in [3.63, 3.8) is 0 Å². The van der Waals surface area contributed by atoms with Crippen molar-refractivity contribution in [1.82, 2.24) is 4.98 Å². The van der Waals surface area contributed by atoms with E-state index in [0.29, 0.717) is 27.0 Å². The highest BCUT2D eigenvalue weighted by Gasteiger charge is 2.14. The highest BCUT2D eigenvalue weighted by molar-refractivity contribution is 7.90. The molecule has 0 saturated carbocycles. The fourth-order valence-corrected chi connectivity index (χ4v) is 4.63. The number of nitrogens with one attached hydrogen (secondary N) is 1. The van der Waals surface area contributed by atoms with Gasteiger partial charge < -0.3 is 4.90 Å². The second-order valence-electron chi connectivity index (χ2n) is 6.80. The summed E-state index contributed by atoms with van der Waals surface area (Å²) in [5.41, 5.74) is 2.26. The molecule has 0 aliphatic carbocycles. The number of sulfone groups is 1. The maximum atomic E-state index is 12.5. The molecule has 148 valence electrons. The monoisotopic (exact) mass is 417 g/mol. The average molecular weight is 418 g/mol. The van der Waals surface area contributed by atoms with Gasteiger partial charge in [-0.15, -0.1) is 0 Å². The van der Waals surface area contributed by atoms with Crippen molar-refractivity contribution in [1.29, 1.82) is 0 Å². The molecule has 1 heterocycles. The standard InChI is InChI=1S/C20H23N3O3S2/c1-5-23(13(2)3)15-8-6-14(7-9-15)19(24)22-20-21-17-11-10-16(28(4,25)26)12-18(17)27-20/h6-13H,5H2,1-4H3,(H,21,22,24). The Labute approximate surface area is 169 Å². The Kier molecular flexibility index (Phi) is 5.71. The third kappa shape index (κ3) is 4.34. The molecule has 3 rings (SSSR count). The minimum absolute atomic E-state index is 0.239. The molecule has 6 nitrogen and oxygen atoms in total.